The number of hydrogen-bond donors (Lipinski definition) is 2. The van der Waals surface area contributed by atoms with Crippen LogP contribution in [0.15, 0.2) is 12.4 Å². The van der Waals surface area contributed by atoms with Gasteiger partial charge in [-0.15, -0.1) is 0 Å². The number of amides is 2. The quantitative estimate of drug-likeness (QED) is 0.800. The molecule has 2 heterocycles. The van der Waals surface area contributed by atoms with Crippen molar-refractivity contribution >= 4 is 11.7 Å². The molecule has 1 fully saturated rings. The zero-order valence-electron chi connectivity index (χ0n) is 14.4. The lowest BCUT2D eigenvalue weighted by Gasteiger charge is -2.34. The van der Waals surface area contributed by atoms with E-state index in [1.807, 2.05) is 0 Å². The van der Waals surface area contributed by atoms with E-state index < -0.39 is 0 Å². The van der Waals surface area contributed by atoms with Crippen molar-refractivity contribution < 1.29 is 9.53 Å². The van der Waals surface area contributed by atoms with E-state index >= 15 is 0 Å². The van der Waals surface area contributed by atoms with Crippen molar-refractivity contribution in [1.82, 2.24) is 20.0 Å². The lowest BCUT2D eigenvalue weighted by atomic mass is 9.92. The fraction of sp³-hybridized carbons (Fsp3) is 0.750. The fourth-order valence-electron chi connectivity index (χ4n) is 3.21. The molecule has 1 aliphatic rings. The molecule has 1 aliphatic heterocycles. The first kappa shape index (κ1) is 17.7. The van der Waals surface area contributed by atoms with E-state index in [0.29, 0.717) is 25.4 Å². The van der Waals surface area contributed by atoms with Crippen LogP contribution in [0.3, 0.4) is 0 Å². The van der Waals surface area contributed by atoms with Gasteiger partial charge in [-0.05, 0) is 18.3 Å². The van der Waals surface area contributed by atoms with Crippen molar-refractivity contribution in [2.24, 2.45) is 11.8 Å². The summed E-state index contributed by atoms with van der Waals surface area (Å²) >= 11 is 0. The summed E-state index contributed by atoms with van der Waals surface area (Å²) < 4.78 is 6.74. The first-order valence-corrected chi connectivity index (χ1v) is 8.35. The summed E-state index contributed by atoms with van der Waals surface area (Å²) in [6, 6.07) is -0.186. The predicted octanol–water partition coefficient (Wildman–Crippen LogP) is 1.63. The molecule has 0 spiro atoms. The van der Waals surface area contributed by atoms with E-state index in [1.54, 1.807) is 24.2 Å². The van der Waals surface area contributed by atoms with E-state index in [0.717, 1.165) is 31.5 Å². The molecular weight excluding hydrogens is 294 g/mol. The van der Waals surface area contributed by atoms with Crippen LogP contribution in [0.1, 0.15) is 20.3 Å². The Bertz CT molecular complexity index is 481. The SMILES string of the molecule is COCCn1cc(NC(=O)NCCN2CC(C)CC(C)C2)cn1. The summed E-state index contributed by atoms with van der Waals surface area (Å²) in [7, 11) is 1.65. The van der Waals surface area contributed by atoms with E-state index in [-0.39, 0.29) is 6.03 Å². The zero-order valence-corrected chi connectivity index (χ0v) is 14.4. The molecule has 7 nitrogen and oxygen atoms in total. The molecule has 2 rings (SSSR count). The normalized spacial score (nSPS) is 22.0. The maximum absolute atomic E-state index is 11.9. The van der Waals surface area contributed by atoms with Crippen LogP contribution in [0.25, 0.3) is 0 Å². The zero-order chi connectivity index (χ0) is 16.7. The molecule has 2 unspecified atom stereocenters. The predicted molar refractivity (Wildman–Crippen MR) is 90.5 cm³/mol. The van der Waals surface area contributed by atoms with Crippen molar-refractivity contribution in [1.29, 1.82) is 0 Å². The van der Waals surface area contributed by atoms with E-state index in [4.69, 9.17) is 4.74 Å². The Kier molecular flexibility index (Phi) is 6.85. The summed E-state index contributed by atoms with van der Waals surface area (Å²) in [5.74, 6) is 1.48. The number of ether oxygens (including phenoxy) is 1. The van der Waals surface area contributed by atoms with Gasteiger partial charge >= 0.3 is 6.03 Å². The topological polar surface area (TPSA) is 71.4 Å². The van der Waals surface area contributed by atoms with Gasteiger partial charge in [-0.2, -0.15) is 5.10 Å². The highest BCUT2D eigenvalue weighted by Gasteiger charge is 2.21. The van der Waals surface area contributed by atoms with E-state index in [2.05, 4.69) is 34.5 Å². The van der Waals surface area contributed by atoms with Gasteiger partial charge in [0.2, 0.25) is 0 Å². The molecule has 2 amide bonds. The van der Waals surface area contributed by atoms with Gasteiger partial charge in [-0.25, -0.2) is 4.79 Å². The van der Waals surface area contributed by atoms with E-state index in [1.165, 1.54) is 6.42 Å². The van der Waals surface area contributed by atoms with Crippen LogP contribution in [0, 0.1) is 11.8 Å². The molecule has 1 saturated heterocycles. The fourth-order valence-corrected chi connectivity index (χ4v) is 3.21. The Labute approximate surface area is 138 Å². The number of nitrogens with zero attached hydrogens (tertiary/aromatic N) is 3. The maximum atomic E-state index is 11.9. The molecule has 0 radical (unpaired) electrons. The molecule has 130 valence electrons. The molecule has 23 heavy (non-hydrogen) atoms. The first-order chi connectivity index (χ1) is 11.1. The number of urea groups is 1. The Morgan fingerprint density at radius 3 is 2.78 bits per heavy atom. The Morgan fingerprint density at radius 1 is 1.35 bits per heavy atom. The average molecular weight is 323 g/mol. The number of anilines is 1. The summed E-state index contributed by atoms with van der Waals surface area (Å²) in [4.78, 5) is 14.3. The summed E-state index contributed by atoms with van der Waals surface area (Å²) in [5.41, 5.74) is 0.693. The number of nitrogens with one attached hydrogen (secondary N) is 2. The van der Waals surface area contributed by atoms with Gasteiger partial charge in [0, 0.05) is 39.5 Å². The Hall–Kier alpha value is -1.60. The third-order valence-electron chi connectivity index (χ3n) is 4.07. The summed E-state index contributed by atoms with van der Waals surface area (Å²) in [5, 5.41) is 9.87. The molecule has 0 bridgehead atoms. The Morgan fingerprint density at radius 2 is 2.09 bits per heavy atom. The largest absolute Gasteiger partial charge is 0.383 e. The monoisotopic (exact) mass is 323 g/mol. The number of rotatable bonds is 7. The molecule has 1 aromatic rings. The number of carbonyl (C=O) groups is 1. The molecule has 0 saturated carbocycles. The summed E-state index contributed by atoms with van der Waals surface area (Å²) in [6.07, 6.45) is 4.74. The van der Waals surface area contributed by atoms with Crippen LogP contribution in [0.2, 0.25) is 0 Å². The maximum Gasteiger partial charge on any atom is 0.319 e. The summed E-state index contributed by atoms with van der Waals surface area (Å²) in [6.45, 7) is 9.66. The van der Waals surface area contributed by atoms with Crippen molar-refractivity contribution in [2.45, 2.75) is 26.8 Å². The van der Waals surface area contributed by atoms with Gasteiger partial charge in [0.05, 0.1) is 25.0 Å². The number of carbonyl (C=O) groups excluding carboxylic acids is 1. The van der Waals surface area contributed by atoms with Gasteiger partial charge in [-0.1, -0.05) is 13.8 Å². The molecule has 1 aromatic heterocycles. The smallest absolute Gasteiger partial charge is 0.319 e. The molecule has 2 N–H and O–H groups in total. The highest BCUT2D eigenvalue weighted by Crippen LogP contribution is 2.20. The minimum Gasteiger partial charge on any atom is -0.383 e. The van der Waals surface area contributed by atoms with Crippen LogP contribution < -0.4 is 10.6 Å². The lowest BCUT2D eigenvalue weighted by Crippen LogP contribution is -2.43. The second-order valence-corrected chi connectivity index (χ2v) is 6.57. The second-order valence-electron chi connectivity index (χ2n) is 6.57. The van der Waals surface area contributed by atoms with Gasteiger partial charge in [0.1, 0.15) is 0 Å². The van der Waals surface area contributed by atoms with Gasteiger partial charge in [-0.3, -0.25) is 4.68 Å². The van der Waals surface area contributed by atoms with Crippen molar-refractivity contribution in [3.05, 3.63) is 12.4 Å². The third kappa shape index (κ3) is 6.19. The molecule has 0 aliphatic carbocycles. The highest BCUT2D eigenvalue weighted by atomic mass is 16.5. The standard InChI is InChI=1S/C16H29N5O2/c1-13-8-14(2)11-20(10-13)5-4-17-16(22)19-15-9-18-21(12-15)6-7-23-3/h9,12-14H,4-8,10-11H2,1-3H3,(H2,17,19,22). The number of methoxy groups -OCH3 is 1. The van der Waals surface area contributed by atoms with E-state index in [9.17, 15) is 4.79 Å². The van der Waals surface area contributed by atoms with Crippen LogP contribution in [0.5, 0.6) is 0 Å². The van der Waals surface area contributed by atoms with Crippen LogP contribution >= 0.6 is 0 Å². The second kappa shape index (κ2) is 8.88. The van der Waals surface area contributed by atoms with Crippen molar-refractivity contribution in [3.63, 3.8) is 0 Å². The molecular formula is C16H29N5O2. The lowest BCUT2D eigenvalue weighted by molar-refractivity contribution is 0.142. The Balaban J connectivity index is 1.66. The van der Waals surface area contributed by atoms with Crippen LogP contribution in [-0.4, -0.2) is 60.6 Å². The van der Waals surface area contributed by atoms with Crippen molar-refractivity contribution in [2.75, 3.05) is 45.2 Å². The number of piperidine rings is 1. The highest BCUT2D eigenvalue weighted by molar-refractivity contribution is 5.88. The minimum absolute atomic E-state index is 0.186. The number of likely N-dealkylation sites (tertiary alicyclic amines) is 1. The molecule has 0 aromatic carbocycles. The molecule has 7 heteroatoms. The minimum atomic E-state index is -0.186. The molecule has 2 atom stereocenters. The van der Waals surface area contributed by atoms with Crippen molar-refractivity contribution in [3.8, 4) is 0 Å². The average Bonchev–Trinajstić information content (AvgIpc) is 2.91. The number of hydrogen-bond acceptors (Lipinski definition) is 4. The van der Waals surface area contributed by atoms with Crippen LogP contribution in [0.4, 0.5) is 10.5 Å². The third-order valence-corrected chi connectivity index (χ3v) is 4.07. The van der Waals surface area contributed by atoms with Crippen LogP contribution in [-0.2, 0) is 11.3 Å². The van der Waals surface area contributed by atoms with Gasteiger partial charge in [0.15, 0.2) is 0 Å². The first-order valence-electron chi connectivity index (χ1n) is 8.35. The van der Waals surface area contributed by atoms with Gasteiger partial charge in [0.25, 0.3) is 0 Å². The van der Waals surface area contributed by atoms with Gasteiger partial charge < -0.3 is 20.3 Å². The number of aromatic nitrogens is 2.